The number of hydrogen-bond acceptors (Lipinski definition) is 7. The molecular formula is C43H76O7Si3. The summed E-state index contributed by atoms with van der Waals surface area (Å²) in [4.78, 5) is 13.6. The fraction of sp³-hybridized carbons (Fsp3) is 0.744. The first-order valence-electron chi connectivity index (χ1n) is 19.9. The predicted octanol–water partition coefficient (Wildman–Crippen LogP) is 11.7. The summed E-state index contributed by atoms with van der Waals surface area (Å²) in [6.07, 6.45) is 2.28. The zero-order valence-electron chi connectivity index (χ0n) is 37.4. The average Bonchev–Trinajstić information content (AvgIpc) is 3.29. The van der Waals surface area contributed by atoms with Crippen molar-refractivity contribution >= 4 is 30.7 Å². The van der Waals surface area contributed by atoms with Crippen LogP contribution in [0.4, 0.5) is 0 Å². The molecule has 7 nitrogen and oxygen atoms in total. The Kier molecular flexibility index (Phi) is 13.2. The lowest BCUT2D eigenvalue weighted by molar-refractivity contribution is -0.140. The van der Waals surface area contributed by atoms with Crippen LogP contribution in [0.5, 0.6) is 11.5 Å². The van der Waals surface area contributed by atoms with Crippen molar-refractivity contribution in [3.8, 4) is 11.5 Å². The van der Waals surface area contributed by atoms with Gasteiger partial charge in [0.15, 0.2) is 28.0 Å². The molecule has 302 valence electrons. The predicted molar refractivity (Wildman–Crippen MR) is 228 cm³/mol. The van der Waals surface area contributed by atoms with Gasteiger partial charge in [-0.15, -0.1) is 0 Å². The number of carbonyl (C=O) groups excluding carboxylic acids is 1. The Morgan fingerprint density at radius 2 is 1.45 bits per heavy atom. The molecule has 2 aliphatic rings. The van der Waals surface area contributed by atoms with Gasteiger partial charge in [-0.05, 0) is 99.1 Å². The number of hydrogen-bond donors (Lipinski definition) is 1. The Labute approximate surface area is 327 Å². The van der Waals surface area contributed by atoms with E-state index in [2.05, 4.69) is 136 Å². The molecule has 0 bridgehead atoms. The molecule has 0 spiro atoms. The molecule has 1 aliphatic carbocycles. The Morgan fingerprint density at radius 3 is 1.89 bits per heavy atom. The monoisotopic (exact) mass is 788 g/mol. The van der Waals surface area contributed by atoms with Gasteiger partial charge >= 0.3 is 0 Å². The molecule has 1 aromatic carbocycles. The van der Waals surface area contributed by atoms with E-state index >= 15 is 0 Å². The minimum Gasteiger partial charge on any atom is -0.542 e. The van der Waals surface area contributed by atoms with Crippen LogP contribution in [0.2, 0.25) is 52.9 Å². The minimum atomic E-state index is -2.46. The summed E-state index contributed by atoms with van der Waals surface area (Å²) in [5.41, 5.74) is 1.42. The van der Waals surface area contributed by atoms with Crippen LogP contribution in [0.25, 0.3) is 0 Å². The molecule has 1 aromatic rings. The van der Waals surface area contributed by atoms with E-state index in [1.54, 1.807) is 6.92 Å². The van der Waals surface area contributed by atoms with Gasteiger partial charge in [-0.25, -0.2) is 0 Å². The maximum absolute atomic E-state index is 13.6. The highest BCUT2D eigenvalue weighted by molar-refractivity contribution is 6.78. The first-order chi connectivity index (χ1) is 23.9. The molecule has 0 aromatic heterocycles. The molecule has 0 saturated heterocycles. The molecule has 3 rings (SSSR count). The van der Waals surface area contributed by atoms with Crippen molar-refractivity contribution in [1.82, 2.24) is 0 Å². The van der Waals surface area contributed by atoms with Gasteiger partial charge in [-0.3, -0.25) is 4.79 Å². The summed E-state index contributed by atoms with van der Waals surface area (Å²) in [6, 6.07) is 3.83. The fourth-order valence-corrected chi connectivity index (χ4v) is 15.7. The van der Waals surface area contributed by atoms with E-state index in [-0.39, 0.29) is 28.0 Å². The molecule has 1 aliphatic heterocycles. The molecule has 0 saturated carbocycles. The summed E-state index contributed by atoms with van der Waals surface area (Å²) >= 11 is 0. The normalized spacial score (nSPS) is 23.8. The quantitative estimate of drug-likeness (QED) is 0.140. The third-order valence-corrected chi connectivity index (χ3v) is 28.8. The van der Waals surface area contributed by atoms with E-state index in [0.717, 1.165) is 11.3 Å². The van der Waals surface area contributed by atoms with Crippen molar-refractivity contribution in [3.63, 3.8) is 0 Å². The molecule has 1 unspecified atom stereocenters. The van der Waals surface area contributed by atoms with Gasteiger partial charge in [0.25, 0.3) is 8.32 Å². The summed E-state index contributed by atoms with van der Waals surface area (Å²) < 4.78 is 34.1. The number of ether oxygens (including phenoxy) is 2. The Morgan fingerprint density at radius 1 is 0.943 bits per heavy atom. The SMILES string of the molecule is COC1=C(C)C(O)(c2ccc(O[Si](C(C)C)(C(C)C)C(C)C)c3c2O[C@H](C)[C@]3(C)[C@@H](C/C=C(\C)CO[Si](C)(C)C(C)(C)C)O[Si](C)(C)C(C)(C)C)C1=O. The zero-order valence-corrected chi connectivity index (χ0v) is 40.4. The van der Waals surface area contributed by atoms with Crippen LogP contribution in [0.3, 0.4) is 0 Å². The molecule has 1 N–H and O–H groups in total. The number of fused-ring (bicyclic) bond motifs is 1. The lowest BCUT2D eigenvalue weighted by Crippen LogP contribution is -2.54. The smallest absolute Gasteiger partial charge is 0.258 e. The molecule has 0 radical (unpaired) electrons. The van der Waals surface area contributed by atoms with Crippen LogP contribution >= 0.6 is 0 Å². The maximum atomic E-state index is 13.6. The van der Waals surface area contributed by atoms with E-state index in [1.807, 2.05) is 12.1 Å². The standard InChI is InChI=1S/C43H76O7Si3/c1-27(2)53(28(3)4,29(5)6)49-34-24-23-33(43(45)31(8)37(46-17)39(43)44)38-36(34)42(16,32(9)48-38)35(50-52(20,21)41(13,14)15)25-22-30(7)26-47-51(18,19)40(10,11)12/h22-24,27-29,32,35,45H,25-26H2,1-21H3/b30-22+/t32-,35-,42-,43?/m1/s1. The topological polar surface area (TPSA) is 83.5 Å². The maximum Gasteiger partial charge on any atom is 0.258 e. The molecule has 10 heteroatoms. The van der Waals surface area contributed by atoms with Gasteiger partial charge in [-0.1, -0.05) is 94.7 Å². The first kappa shape index (κ1) is 45.7. The summed E-state index contributed by atoms with van der Waals surface area (Å²) in [5, 5.41) is 12.3. The van der Waals surface area contributed by atoms with Gasteiger partial charge in [-0.2, -0.15) is 0 Å². The van der Waals surface area contributed by atoms with E-state index in [0.29, 0.717) is 46.5 Å². The van der Waals surface area contributed by atoms with Crippen LogP contribution in [-0.2, 0) is 29.4 Å². The van der Waals surface area contributed by atoms with Gasteiger partial charge in [0.05, 0.1) is 25.2 Å². The highest BCUT2D eigenvalue weighted by atomic mass is 28.4. The molecule has 0 amide bonds. The van der Waals surface area contributed by atoms with Crippen LogP contribution in [0.15, 0.2) is 35.1 Å². The molecule has 1 heterocycles. The number of rotatable bonds is 15. The van der Waals surface area contributed by atoms with E-state index in [1.165, 1.54) is 12.7 Å². The number of Topliss-reactive ketones (excluding diaryl/α,β-unsaturated/α-hetero) is 1. The summed E-state index contributed by atoms with van der Waals surface area (Å²) in [7, 11) is -5.29. The largest absolute Gasteiger partial charge is 0.542 e. The second-order valence-corrected chi connectivity index (χ2v) is 35.1. The highest BCUT2D eigenvalue weighted by Gasteiger charge is 2.60. The van der Waals surface area contributed by atoms with Crippen LogP contribution in [-0.4, -0.2) is 61.8 Å². The van der Waals surface area contributed by atoms with Gasteiger partial charge in [0.2, 0.25) is 5.78 Å². The number of carbonyl (C=O) groups is 1. The molecule has 0 fully saturated rings. The van der Waals surface area contributed by atoms with Gasteiger partial charge in [0.1, 0.15) is 17.6 Å². The third-order valence-electron chi connectivity index (χ3n) is 13.9. The molecular weight excluding hydrogens is 713 g/mol. The van der Waals surface area contributed by atoms with Crippen LogP contribution < -0.4 is 9.16 Å². The van der Waals surface area contributed by atoms with Crippen molar-refractivity contribution < 1.29 is 32.7 Å². The van der Waals surface area contributed by atoms with Gasteiger partial charge < -0.3 is 27.9 Å². The number of aliphatic hydroxyl groups is 1. The Hall–Kier alpha value is -1.70. The zero-order chi connectivity index (χ0) is 41.1. The first-order valence-corrected chi connectivity index (χ1v) is 27.9. The number of methoxy groups -OCH3 is 1. The summed E-state index contributed by atoms with van der Waals surface area (Å²) in [5.74, 6) is 1.03. The molecule has 53 heavy (non-hydrogen) atoms. The minimum absolute atomic E-state index is 0.0422. The van der Waals surface area contributed by atoms with Crippen LogP contribution in [0, 0.1) is 0 Å². The van der Waals surface area contributed by atoms with Crippen molar-refractivity contribution in [2.24, 2.45) is 0 Å². The Balaban J connectivity index is 2.37. The van der Waals surface area contributed by atoms with Crippen molar-refractivity contribution in [1.29, 1.82) is 0 Å². The number of ketones is 1. The van der Waals surface area contributed by atoms with Crippen molar-refractivity contribution in [3.05, 3.63) is 46.2 Å². The third kappa shape index (κ3) is 7.85. The molecule has 4 atom stereocenters. The number of benzene rings is 1. The van der Waals surface area contributed by atoms with Crippen molar-refractivity contribution in [2.45, 2.75) is 193 Å². The van der Waals surface area contributed by atoms with Gasteiger partial charge in [0, 0.05) is 16.7 Å². The second-order valence-electron chi connectivity index (χ2n) is 20.2. The second kappa shape index (κ2) is 15.3. The summed E-state index contributed by atoms with van der Waals surface area (Å²) in [6.45, 7) is 45.4. The van der Waals surface area contributed by atoms with E-state index < -0.39 is 41.8 Å². The Bertz CT molecular complexity index is 1550. The van der Waals surface area contributed by atoms with Crippen molar-refractivity contribution in [2.75, 3.05) is 13.7 Å². The lowest BCUT2D eigenvalue weighted by Gasteiger charge is -2.47. The van der Waals surface area contributed by atoms with E-state index in [9.17, 15) is 9.90 Å². The average molecular weight is 789 g/mol. The van der Waals surface area contributed by atoms with Crippen LogP contribution in [0.1, 0.15) is 128 Å². The lowest BCUT2D eigenvalue weighted by atomic mass is 9.69. The highest BCUT2D eigenvalue weighted by Crippen LogP contribution is 2.59. The fourth-order valence-electron chi connectivity index (χ4n) is 8.04. The van der Waals surface area contributed by atoms with E-state index in [4.69, 9.17) is 22.8 Å².